The predicted octanol–water partition coefficient (Wildman–Crippen LogP) is 6.94. The number of esters is 1. The number of nitriles is 1. The van der Waals surface area contributed by atoms with Crippen LogP contribution in [0.2, 0.25) is 0 Å². The molecule has 1 aromatic carbocycles. The standard InChI is InChI=1S/C28H34N8O2S/c1-8-19(3)25(37)38-16-15-35(9-2)27-32-22(28(4,5)6)24(39-27)33-34-26-31-21(17-29)23(30-7)36(26)18-20-13-11-10-12-14-20/h10-14,19H,8-9,15-16,18H2,1-6H3. The van der Waals surface area contributed by atoms with Crippen LogP contribution in [0.5, 0.6) is 0 Å². The van der Waals surface area contributed by atoms with E-state index in [0.717, 1.165) is 22.8 Å². The molecule has 3 rings (SSSR count). The summed E-state index contributed by atoms with van der Waals surface area (Å²) >= 11 is 1.39. The van der Waals surface area contributed by atoms with Crippen molar-refractivity contribution in [3.63, 3.8) is 0 Å². The minimum atomic E-state index is -0.315. The third-order valence-electron chi connectivity index (χ3n) is 6.13. The lowest BCUT2D eigenvalue weighted by atomic mass is 9.93. The fourth-order valence-electron chi connectivity index (χ4n) is 3.65. The van der Waals surface area contributed by atoms with E-state index in [4.69, 9.17) is 16.3 Å². The molecule has 2 heterocycles. The van der Waals surface area contributed by atoms with E-state index in [0.29, 0.717) is 24.6 Å². The first-order chi connectivity index (χ1) is 18.6. The summed E-state index contributed by atoms with van der Waals surface area (Å²) in [5.74, 6) is -0.0150. The lowest BCUT2D eigenvalue weighted by Gasteiger charge is -2.20. The van der Waals surface area contributed by atoms with Crippen LogP contribution in [-0.4, -0.2) is 40.2 Å². The molecule has 0 aliphatic heterocycles. The van der Waals surface area contributed by atoms with Crippen molar-refractivity contribution >= 4 is 39.2 Å². The monoisotopic (exact) mass is 546 g/mol. The highest BCUT2D eigenvalue weighted by atomic mass is 32.1. The molecule has 0 aliphatic rings. The minimum Gasteiger partial charge on any atom is -0.464 e. The van der Waals surface area contributed by atoms with E-state index in [1.165, 1.54) is 11.3 Å². The summed E-state index contributed by atoms with van der Waals surface area (Å²) < 4.78 is 7.05. The summed E-state index contributed by atoms with van der Waals surface area (Å²) in [6.45, 7) is 21.4. The molecule has 0 N–H and O–H groups in total. The van der Waals surface area contributed by atoms with Gasteiger partial charge in [0, 0.05) is 12.0 Å². The number of azo groups is 1. The third-order valence-corrected chi connectivity index (χ3v) is 7.13. The van der Waals surface area contributed by atoms with Crippen LogP contribution in [0, 0.1) is 23.8 Å². The van der Waals surface area contributed by atoms with Gasteiger partial charge in [0.1, 0.15) is 19.2 Å². The SMILES string of the molecule is [C-]#[N+]c1c(C#N)nc(N=Nc2sc(N(CC)CCOC(=O)C(C)CC)nc2C(C)(C)C)n1Cc1ccccc1. The molecule has 0 spiro atoms. The Kier molecular flexibility index (Phi) is 9.91. The van der Waals surface area contributed by atoms with Crippen LogP contribution in [0.3, 0.4) is 0 Å². The van der Waals surface area contributed by atoms with Crippen molar-refractivity contribution in [1.29, 1.82) is 5.26 Å². The highest BCUT2D eigenvalue weighted by Crippen LogP contribution is 2.41. The first-order valence-electron chi connectivity index (χ1n) is 12.9. The largest absolute Gasteiger partial charge is 0.464 e. The van der Waals surface area contributed by atoms with E-state index in [1.807, 2.05) is 62.1 Å². The topological polar surface area (TPSA) is 113 Å². The molecular formula is C28H34N8O2S. The second-order valence-corrected chi connectivity index (χ2v) is 11.0. The fraction of sp³-hybridized carbons (Fsp3) is 0.464. The number of benzene rings is 1. The van der Waals surface area contributed by atoms with Gasteiger partial charge in [0.15, 0.2) is 15.8 Å². The number of nitrogens with zero attached hydrogens (tertiary/aromatic N) is 8. The molecule has 39 heavy (non-hydrogen) atoms. The van der Waals surface area contributed by atoms with Gasteiger partial charge in [0.25, 0.3) is 5.82 Å². The molecule has 11 heteroatoms. The van der Waals surface area contributed by atoms with Gasteiger partial charge in [-0.1, -0.05) is 88.0 Å². The zero-order valence-electron chi connectivity index (χ0n) is 23.3. The van der Waals surface area contributed by atoms with Gasteiger partial charge in [-0.3, -0.25) is 9.36 Å². The van der Waals surface area contributed by atoms with Crippen molar-refractivity contribution in [3.05, 3.63) is 58.7 Å². The van der Waals surface area contributed by atoms with Crippen molar-refractivity contribution in [2.75, 3.05) is 24.6 Å². The van der Waals surface area contributed by atoms with Gasteiger partial charge in [0.05, 0.1) is 18.2 Å². The fourth-order valence-corrected chi connectivity index (χ4v) is 4.84. The Morgan fingerprint density at radius 2 is 1.97 bits per heavy atom. The number of thiazole rings is 1. The van der Waals surface area contributed by atoms with Gasteiger partial charge in [-0.25, -0.2) is 4.98 Å². The number of aromatic nitrogens is 3. The van der Waals surface area contributed by atoms with E-state index >= 15 is 0 Å². The van der Waals surface area contributed by atoms with Gasteiger partial charge < -0.3 is 14.5 Å². The molecule has 0 amide bonds. The molecule has 1 atom stereocenters. The molecule has 1 unspecified atom stereocenters. The van der Waals surface area contributed by atoms with E-state index in [2.05, 4.69) is 40.8 Å². The number of rotatable bonds is 11. The van der Waals surface area contributed by atoms with Gasteiger partial charge in [0.2, 0.25) is 0 Å². The van der Waals surface area contributed by atoms with E-state index < -0.39 is 0 Å². The molecule has 0 bridgehead atoms. The molecular weight excluding hydrogens is 512 g/mol. The van der Waals surface area contributed by atoms with Crippen LogP contribution in [0.4, 0.5) is 21.9 Å². The van der Waals surface area contributed by atoms with Gasteiger partial charge >= 0.3 is 11.9 Å². The molecule has 0 saturated heterocycles. The quantitative estimate of drug-likeness (QED) is 0.146. The summed E-state index contributed by atoms with van der Waals surface area (Å²) in [7, 11) is 0. The van der Waals surface area contributed by atoms with Crippen LogP contribution in [0.1, 0.15) is 64.9 Å². The number of anilines is 1. The molecule has 204 valence electrons. The Labute approximate surface area is 233 Å². The number of imidazole rings is 1. The summed E-state index contributed by atoms with van der Waals surface area (Å²) in [6, 6.07) is 11.6. The molecule has 0 aliphatic carbocycles. The second kappa shape index (κ2) is 13.1. The maximum atomic E-state index is 12.1. The Bertz CT molecular complexity index is 1390. The predicted molar refractivity (Wildman–Crippen MR) is 152 cm³/mol. The molecule has 0 radical (unpaired) electrons. The van der Waals surface area contributed by atoms with Crippen LogP contribution >= 0.6 is 11.3 Å². The van der Waals surface area contributed by atoms with E-state index in [9.17, 15) is 10.1 Å². The maximum absolute atomic E-state index is 12.1. The number of carbonyl (C=O) groups is 1. The van der Waals surface area contributed by atoms with Gasteiger partial charge in [-0.2, -0.15) is 10.2 Å². The third kappa shape index (κ3) is 7.27. The minimum absolute atomic E-state index is 0.0139. The maximum Gasteiger partial charge on any atom is 0.324 e. The van der Waals surface area contributed by atoms with Crippen LogP contribution in [0.15, 0.2) is 40.6 Å². The molecule has 2 aromatic heterocycles. The highest BCUT2D eigenvalue weighted by Gasteiger charge is 2.26. The molecule has 3 aromatic rings. The summed E-state index contributed by atoms with van der Waals surface area (Å²) in [5.41, 5.74) is 1.42. The normalized spacial score (nSPS) is 12.2. The van der Waals surface area contributed by atoms with Gasteiger partial charge in [-0.15, -0.1) is 5.11 Å². The van der Waals surface area contributed by atoms with Crippen LogP contribution in [0.25, 0.3) is 4.85 Å². The lowest BCUT2D eigenvalue weighted by Crippen LogP contribution is -2.29. The Morgan fingerprint density at radius 1 is 1.26 bits per heavy atom. The zero-order chi connectivity index (χ0) is 28.6. The van der Waals surface area contributed by atoms with E-state index in [-0.39, 0.29) is 41.4 Å². The first-order valence-corrected chi connectivity index (χ1v) is 13.7. The first kappa shape index (κ1) is 29.5. The summed E-state index contributed by atoms with van der Waals surface area (Å²) in [4.78, 5) is 26.8. The van der Waals surface area contributed by atoms with Crippen LogP contribution in [-0.2, 0) is 21.5 Å². The van der Waals surface area contributed by atoms with Crippen molar-refractivity contribution in [2.24, 2.45) is 16.1 Å². The molecule has 0 saturated carbocycles. The number of carbonyl (C=O) groups excluding carboxylic acids is 1. The van der Waals surface area contributed by atoms with Crippen molar-refractivity contribution in [3.8, 4) is 6.07 Å². The molecule has 10 nitrogen and oxygen atoms in total. The average Bonchev–Trinajstić information content (AvgIpc) is 3.51. The number of likely N-dealkylation sites (N-methyl/N-ethyl adjacent to an activating group) is 1. The van der Waals surface area contributed by atoms with Crippen molar-refractivity contribution < 1.29 is 9.53 Å². The smallest absolute Gasteiger partial charge is 0.324 e. The Balaban J connectivity index is 1.93. The van der Waals surface area contributed by atoms with Crippen molar-refractivity contribution in [1.82, 2.24) is 14.5 Å². The van der Waals surface area contributed by atoms with Gasteiger partial charge in [-0.05, 0) is 18.9 Å². The number of ether oxygens (including phenoxy) is 1. The number of hydrogen-bond acceptors (Lipinski definition) is 9. The summed E-state index contributed by atoms with van der Waals surface area (Å²) in [6.07, 6.45) is 0.739. The average molecular weight is 547 g/mol. The number of hydrogen-bond donors (Lipinski definition) is 0. The molecule has 0 fully saturated rings. The Hall–Kier alpha value is -4.09. The van der Waals surface area contributed by atoms with E-state index in [1.54, 1.807) is 4.57 Å². The lowest BCUT2D eigenvalue weighted by molar-refractivity contribution is -0.147. The van der Waals surface area contributed by atoms with Crippen LogP contribution < -0.4 is 4.90 Å². The summed E-state index contributed by atoms with van der Waals surface area (Å²) in [5, 5.41) is 19.8. The van der Waals surface area contributed by atoms with Crippen molar-refractivity contribution in [2.45, 2.75) is 59.9 Å². The highest BCUT2D eigenvalue weighted by molar-refractivity contribution is 7.19. The zero-order valence-corrected chi connectivity index (χ0v) is 24.1. The second-order valence-electron chi connectivity index (χ2n) is 10.0. The Morgan fingerprint density at radius 3 is 2.56 bits per heavy atom.